The Hall–Kier alpha value is -3.86. The van der Waals surface area contributed by atoms with Crippen LogP contribution in [0.25, 0.3) is 54.7 Å². The number of rotatable bonds is 9. The number of hydrogen-bond acceptors (Lipinski definition) is 4. The number of hydrogen-bond donors (Lipinski definition) is 1. The van der Waals surface area contributed by atoms with E-state index in [4.69, 9.17) is 9.97 Å². The van der Waals surface area contributed by atoms with Crippen molar-refractivity contribution in [2.24, 2.45) is 18.9 Å². The van der Waals surface area contributed by atoms with E-state index in [-0.39, 0.29) is 49.4 Å². The molecule has 6 heteroatoms. The number of carbonyl (C=O) groups excluding carboxylic acids is 1. The molecule has 0 aliphatic carbocycles. The summed E-state index contributed by atoms with van der Waals surface area (Å²) < 4.78 is 2.23. The van der Waals surface area contributed by atoms with E-state index in [1.165, 1.54) is 38.5 Å². The minimum absolute atomic E-state index is 0. The first kappa shape index (κ1) is 36.0. The summed E-state index contributed by atoms with van der Waals surface area (Å²) in [6.45, 7) is 12.4. The zero-order valence-corrected chi connectivity index (χ0v) is 31.0. The molecule has 2 heterocycles. The van der Waals surface area contributed by atoms with E-state index in [1.54, 1.807) is 0 Å². The maximum Gasteiger partial charge on any atom is 0.162 e. The van der Waals surface area contributed by atoms with Crippen molar-refractivity contribution < 1.29 is 30.0 Å². The van der Waals surface area contributed by atoms with Crippen molar-refractivity contribution in [1.29, 1.82) is 0 Å². The van der Waals surface area contributed by atoms with Gasteiger partial charge in [-0.3, -0.25) is 9.78 Å². The Kier molecular flexibility index (Phi) is 12.1. The Morgan fingerprint density at radius 1 is 0.830 bits per heavy atom. The predicted octanol–water partition coefficient (Wildman–Crippen LogP) is 10.9. The topological polar surface area (TPSA) is 68.0 Å². The van der Waals surface area contributed by atoms with Gasteiger partial charge in [-0.1, -0.05) is 108 Å². The molecule has 6 rings (SSSR count). The number of fused-ring (bicyclic) bond motifs is 6. The molecule has 47 heavy (non-hydrogen) atoms. The van der Waals surface area contributed by atoms with Gasteiger partial charge in [-0.15, -0.1) is 29.1 Å². The van der Waals surface area contributed by atoms with Gasteiger partial charge >= 0.3 is 0 Å². The van der Waals surface area contributed by atoms with E-state index in [9.17, 15) is 9.90 Å². The van der Waals surface area contributed by atoms with Crippen LogP contribution in [0.4, 0.5) is 0 Å². The van der Waals surface area contributed by atoms with Crippen molar-refractivity contribution in [3.63, 3.8) is 0 Å². The molecular weight excluding hydrogens is 759 g/mol. The van der Waals surface area contributed by atoms with Crippen LogP contribution in [0, 0.1) is 17.9 Å². The van der Waals surface area contributed by atoms with Gasteiger partial charge in [0.15, 0.2) is 5.78 Å². The zero-order chi connectivity index (χ0) is 33.0. The fourth-order valence-electron chi connectivity index (χ4n) is 6.38. The normalized spacial score (nSPS) is 11.9. The number of aromatic nitrogens is 3. The molecule has 0 fully saturated rings. The summed E-state index contributed by atoms with van der Waals surface area (Å²) in [7, 11) is 2.11. The van der Waals surface area contributed by atoms with E-state index in [0.29, 0.717) is 0 Å². The minimum Gasteiger partial charge on any atom is -0.512 e. The largest absolute Gasteiger partial charge is 0.512 e. The van der Waals surface area contributed by atoms with Crippen molar-refractivity contribution in [3.8, 4) is 11.3 Å². The second-order valence-electron chi connectivity index (χ2n) is 12.5. The molecule has 0 aliphatic heterocycles. The summed E-state index contributed by atoms with van der Waals surface area (Å²) in [5.41, 5.74) is 4.14. The minimum atomic E-state index is 0. The van der Waals surface area contributed by atoms with Gasteiger partial charge < -0.3 is 9.67 Å². The van der Waals surface area contributed by atoms with Crippen LogP contribution < -0.4 is 0 Å². The number of benzene rings is 4. The molecular formula is C41H46IrN3O2-. The third kappa shape index (κ3) is 7.35. The molecule has 0 saturated heterocycles. The molecule has 0 aliphatic rings. The first-order chi connectivity index (χ1) is 22.2. The Morgan fingerprint density at radius 2 is 1.45 bits per heavy atom. The van der Waals surface area contributed by atoms with Gasteiger partial charge in [0.1, 0.15) is 11.5 Å². The SMILES string of the molecule is CC(C)c1nc(-c2[c-]cc3ccccc3c2)c2c3ccc4ccccc4c3n(C)c2n1.CCC(CC)C(=O)/C=C(\O)C(CC)CC.[Ir]. The van der Waals surface area contributed by atoms with E-state index in [0.717, 1.165) is 53.8 Å². The maximum atomic E-state index is 11.7. The van der Waals surface area contributed by atoms with Crippen LogP contribution in [0.1, 0.15) is 79.0 Å². The van der Waals surface area contributed by atoms with Crippen molar-refractivity contribution in [2.45, 2.75) is 73.1 Å². The summed E-state index contributed by atoms with van der Waals surface area (Å²) in [6.07, 6.45) is 4.91. The van der Waals surface area contributed by atoms with Gasteiger partial charge in [0.2, 0.25) is 0 Å². The van der Waals surface area contributed by atoms with Gasteiger partial charge in [0, 0.05) is 72.8 Å². The summed E-state index contributed by atoms with van der Waals surface area (Å²) in [5.74, 6) is 1.64. The Morgan fingerprint density at radius 3 is 2.09 bits per heavy atom. The molecule has 0 amide bonds. The molecule has 0 saturated carbocycles. The average Bonchev–Trinajstić information content (AvgIpc) is 3.37. The number of aryl methyl sites for hydroxylation is 1. The van der Waals surface area contributed by atoms with Crippen LogP contribution in [0.2, 0.25) is 0 Å². The first-order valence-corrected chi connectivity index (χ1v) is 16.7. The van der Waals surface area contributed by atoms with Crippen LogP contribution in [-0.2, 0) is 31.9 Å². The number of aliphatic hydroxyl groups excluding tert-OH is 1. The number of carbonyl (C=O) groups is 1. The fraction of sp³-hybridized carbons (Fsp3) is 0.341. The van der Waals surface area contributed by atoms with E-state index in [2.05, 4.69) is 104 Å². The maximum absolute atomic E-state index is 11.7. The average molecular weight is 805 g/mol. The van der Waals surface area contributed by atoms with Crippen LogP contribution in [0.15, 0.2) is 84.6 Å². The smallest absolute Gasteiger partial charge is 0.162 e. The summed E-state index contributed by atoms with van der Waals surface area (Å²) in [6, 6.07) is 29.1. The molecule has 4 aromatic carbocycles. The zero-order valence-electron chi connectivity index (χ0n) is 28.6. The molecule has 2 aromatic heterocycles. The molecule has 1 N–H and O–H groups in total. The summed E-state index contributed by atoms with van der Waals surface area (Å²) >= 11 is 0. The molecule has 6 aromatic rings. The predicted molar refractivity (Wildman–Crippen MR) is 193 cm³/mol. The number of ketones is 1. The van der Waals surface area contributed by atoms with Crippen LogP contribution in [-0.4, -0.2) is 25.4 Å². The van der Waals surface area contributed by atoms with Crippen LogP contribution in [0.3, 0.4) is 0 Å². The number of allylic oxidation sites excluding steroid dienone is 2. The number of aliphatic hydroxyl groups is 1. The Labute approximate surface area is 292 Å². The summed E-state index contributed by atoms with van der Waals surface area (Å²) in [5, 5.41) is 16.9. The molecule has 247 valence electrons. The third-order valence-electron chi connectivity index (χ3n) is 9.26. The van der Waals surface area contributed by atoms with Crippen molar-refractivity contribution in [3.05, 3.63) is 96.5 Å². The second kappa shape index (κ2) is 15.8. The van der Waals surface area contributed by atoms with Gasteiger partial charge in [-0.25, -0.2) is 4.98 Å². The molecule has 1 radical (unpaired) electrons. The Balaban J connectivity index is 0.000000269. The monoisotopic (exact) mass is 805 g/mol. The third-order valence-corrected chi connectivity index (χ3v) is 9.26. The van der Waals surface area contributed by atoms with Crippen LogP contribution >= 0.6 is 0 Å². The molecule has 0 spiro atoms. The standard InChI is InChI=1S/C28H22N3.C13H24O2.Ir/c1-17(2)27-29-25(21-13-12-18-8-4-5-10-20(18)16-21)24-23-15-14-19-9-6-7-11-22(19)26(23)31(3)28(24)30-27;1-5-10(6-2)12(14)9-13(15)11(7-3)8-4;/h4-12,14-17H,1-3H3;9-11,14H,5-8H2,1-4H3;/q-1;;/b;12-9-;. The second-order valence-corrected chi connectivity index (χ2v) is 12.5. The molecule has 0 atom stereocenters. The number of nitrogens with zero attached hydrogens (tertiary/aromatic N) is 3. The van der Waals surface area contributed by atoms with Gasteiger partial charge in [-0.2, -0.15) is 0 Å². The van der Waals surface area contributed by atoms with Gasteiger partial charge in [0.25, 0.3) is 0 Å². The van der Waals surface area contributed by atoms with Gasteiger partial charge in [-0.05, 0) is 31.1 Å². The quantitative estimate of drug-likeness (QED) is 0.0898. The van der Waals surface area contributed by atoms with E-state index >= 15 is 0 Å². The van der Waals surface area contributed by atoms with Gasteiger partial charge in [0.05, 0.1) is 11.3 Å². The molecule has 0 bridgehead atoms. The van der Waals surface area contributed by atoms with Crippen molar-refractivity contribution in [2.75, 3.05) is 0 Å². The van der Waals surface area contributed by atoms with Crippen molar-refractivity contribution in [1.82, 2.24) is 14.5 Å². The first-order valence-electron chi connectivity index (χ1n) is 16.7. The fourth-order valence-corrected chi connectivity index (χ4v) is 6.38. The molecule has 5 nitrogen and oxygen atoms in total. The summed E-state index contributed by atoms with van der Waals surface area (Å²) in [4.78, 5) is 21.8. The van der Waals surface area contributed by atoms with E-state index < -0.39 is 0 Å². The van der Waals surface area contributed by atoms with E-state index in [1.807, 2.05) is 27.7 Å². The molecule has 0 unspecified atom stereocenters. The van der Waals surface area contributed by atoms with Crippen molar-refractivity contribution >= 4 is 49.3 Å². The van der Waals surface area contributed by atoms with Crippen LogP contribution in [0.5, 0.6) is 0 Å². The Bertz CT molecular complexity index is 2030.